The number of amides is 1. The molecular weight excluding hydrogens is 398 g/mol. The standard InChI is InChI=1S/C19H21N3O4S2/c1-13(12-28(3,25)26)21(2)17(23)16-10-20-19-22(18(16)24)11-15(27-19)9-14-7-5-4-6-8-14/h4-8,10-11,13H,9,12H2,1-3H3. The van der Waals surface area contributed by atoms with Gasteiger partial charge < -0.3 is 4.90 Å². The first-order valence-corrected chi connectivity index (χ1v) is 11.5. The summed E-state index contributed by atoms with van der Waals surface area (Å²) in [5.74, 6) is -0.717. The van der Waals surface area contributed by atoms with E-state index in [9.17, 15) is 18.0 Å². The molecule has 0 aliphatic heterocycles. The third kappa shape index (κ3) is 4.48. The lowest BCUT2D eigenvalue weighted by Crippen LogP contribution is -2.41. The molecule has 28 heavy (non-hydrogen) atoms. The molecule has 0 aliphatic rings. The highest BCUT2D eigenvalue weighted by Gasteiger charge is 2.24. The summed E-state index contributed by atoms with van der Waals surface area (Å²) in [6, 6.07) is 9.31. The van der Waals surface area contributed by atoms with E-state index in [0.29, 0.717) is 11.4 Å². The van der Waals surface area contributed by atoms with Crippen molar-refractivity contribution in [2.24, 2.45) is 0 Å². The van der Waals surface area contributed by atoms with Gasteiger partial charge in [-0.2, -0.15) is 0 Å². The van der Waals surface area contributed by atoms with E-state index in [1.54, 1.807) is 13.1 Å². The van der Waals surface area contributed by atoms with Crippen LogP contribution in [0.15, 0.2) is 47.5 Å². The fourth-order valence-corrected chi connectivity index (χ4v) is 4.97. The summed E-state index contributed by atoms with van der Waals surface area (Å²) in [6.07, 6.45) is 4.76. The zero-order valence-corrected chi connectivity index (χ0v) is 17.5. The van der Waals surface area contributed by atoms with Crippen molar-refractivity contribution in [2.75, 3.05) is 19.1 Å². The summed E-state index contributed by atoms with van der Waals surface area (Å²) in [7, 11) is -1.76. The molecule has 1 atom stereocenters. The molecule has 0 saturated heterocycles. The Morgan fingerprint density at radius 3 is 2.61 bits per heavy atom. The van der Waals surface area contributed by atoms with Crippen LogP contribution in [0.25, 0.3) is 4.96 Å². The number of hydrogen-bond acceptors (Lipinski definition) is 6. The van der Waals surface area contributed by atoms with Gasteiger partial charge in [-0.1, -0.05) is 30.3 Å². The topological polar surface area (TPSA) is 88.8 Å². The number of aromatic nitrogens is 2. The van der Waals surface area contributed by atoms with Gasteiger partial charge in [-0.25, -0.2) is 13.4 Å². The normalized spacial score (nSPS) is 12.8. The Morgan fingerprint density at radius 2 is 1.96 bits per heavy atom. The number of hydrogen-bond donors (Lipinski definition) is 0. The fraction of sp³-hybridized carbons (Fsp3) is 0.316. The van der Waals surface area contributed by atoms with Crippen LogP contribution in [0.2, 0.25) is 0 Å². The number of carbonyl (C=O) groups is 1. The predicted molar refractivity (Wildman–Crippen MR) is 110 cm³/mol. The molecule has 1 amide bonds. The molecule has 0 spiro atoms. The van der Waals surface area contributed by atoms with E-state index < -0.39 is 27.3 Å². The average molecular weight is 420 g/mol. The van der Waals surface area contributed by atoms with E-state index in [0.717, 1.165) is 16.7 Å². The van der Waals surface area contributed by atoms with Gasteiger partial charge in [0.2, 0.25) is 0 Å². The molecule has 1 aromatic carbocycles. The summed E-state index contributed by atoms with van der Waals surface area (Å²) >= 11 is 1.40. The maximum absolute atomic E-state index is 12.8. The van der Waals surface area contributed by atoms with Crippen LogP contribution in [0.1, 0.15) is 27.7 Å². The van der Waals surface area contributed by atoms with Gasteiger partial charge in [-0.05, 0) is 12.5 Å². The van der Waals surface area contributed by atoms with Crippen LogP contribution in [0, 0.1) is 0 Å². The van der Waals surface area contributed by atoms with Crippen molar-refractivity contribution in [2.45, 2.75) is 19.4 Å². The molecule has 0 aliphatic carbocycles. The lowest BCUT2D eigenvalue weighted by Gasteiger charge is -2.23. The van der Waals surface area contributed by atoms with E-state index in [-0.39, 0.29) is 11.3 Å². The maximum Gasteiger partial charge on any atom is 0.271 e. The molecule has 9 heteroatoms. The molecule has 148 valence electrons. The van der Waals surface area contributed by atoms with E-state index >= 15 is 0 Å². The van der Waals surface area contributed by atoms with Gasteiger partial charge in [0.25, 0.3) is 11.5 Å². The van der Waals surface area contributed by atoms with Crippen molar-refractivity contribution < 1.29 is 13.2 Å². The third-order valence-corrected chi connectivity index (χ3v) is 6.52. The van der Waals surface area contributed by atoms with Gasteiger partial charge in [-0.15, -0.1) is 11.3 Å². The summed E-state index contributed by atoms with van der Waals surface area (Å²) in [5, 5.41) is 0. The number of thiazole rings is 1. The number of benzene rings is 1. The second-order valence-electron chi connectivity index (χ2n) is 6.85. The monoisotopic (exact) mass is 419 g/mol. The van der Waals surface area contributed by atoms with Gasteiger partial charge in [0.05, 0.1) is 5.75 Å². The molecule has 0 bridgehead atoms. The van der Waals surface area contributed by atoms with Gasteiger partial charge in [-0.3, -0.25) is 14.0 Å². The molecule has 2 heterocycles. The molecule has 3 rings (SSSR count). The Kier molecular flexibility index (Phi) is 5.66. The quantitative estimate of drug-likeness (QED) is 0.608. The average Bonchev–Trinajstić information content (AvgIpc) is 3.03. The minimum Gasteiger partial charge on any atom is -0.338 e. The summed E-state index contributed by atoms with van der Waals surface area (Å²) in [5.41, 5.74) is 0.584. The molecular formula is C19H21N3O4S2. The number of nitrogens with zero attached hydrogens (tertiary/aromatic N) is 3. The zero-order valence-electron chi connectivity index (χ0n) is 15.8. The van der Waals surface area contributed by atoms with Gasteiger partial charge in [0, 0.05) is 43.0 Å². The predicted octanol–water partition coefficient (Wildman–Crippen LogP) is 1.85. The van der Waals surface area contributed by atoms with Crippen LogP contribution < -0.4 is 5.56 Å². The van der Waals surface area contributed by atoms with Gasteiger partial charge in [0.1, 0.15) is 15.4 Å². The molecule has 0 saturated carbocycles. The first-order valence-electron chi connectivity index (χ1n) is 8.64. The van der Waals surface area contributed by atoms with Crippen LogP contribution in [-0.4, -0.2) is 53.7 Å². The summed E-state index contributed by atoms with van der Waals surface area (Å²) in [4.78, 5) is 32.5. The van der Waals surface area contributed by atoms with Crippen LogP contribution in [0.5, 0.6) is 0 Å². The number of sulfone groups is 1. The Morgan fingerprint density at radius 1 is 1.29 bits per heavy atom. The summed E-state index contributed by atoms with van der Waals surface area (Å²) in [6.45, 7) is 1.63. The van der Waals surface area contributed by atoms with E-state index in [2.05, 4.69) is 4.98 Å². The lowest BCUT2D eigenvalue weighted by molar-refractivity contribution is 0.0754. The largest absolute Gasteiger partial charge is 0.338 e. The number of fused-ring (bicyclic) bond motifs is 1. The third-order valence-electron chi connectivity index (χ3n) is 4.43. The highest BCUT2D eigenvalue weighted by molar-refractivity contribution is 7.90. The Labute approximate surface area is 167 Å². The minimum absolute atomic E-state index is 0.0792. The molecule has 0 radical (unpaired) electrons. The zero-order chi connectivity index (χ0) is 20.5. The second kappa shape index (κ2) is 7.84. The van der Waals surface area contributed by atoms with Gasteiger partial charge >= 0.3 is 0 Å². The summed E-state index contributed by atoms with van der Waals surface area (Å²) < 4.78 is 24.4. The van der Waals surface area contributed by atoms with E-state index in [1.807, 2.05) is 30.3 Å². The van der Waals surface area contributed by atoms with Crippen LogP contribution in [0.3, 0.4) is 0 Å². The van der Waals surface area contributed by atoms with E-state index in [4.69, 9.17) is 0 Å². The van der Waals surface area contributed by atoms with E-state index in [1.165, 1.54) is 33.9 Å². The van der Waals surface area contributed by atoms with Crippen molar-refractivity contribution in [1.29, 1.82) is 0 Å². The molecule has 0 N–H and O–H groups in total. The highest BCUT2D eigenvalue weighted by atomic mass is 32.2. The Hall–Kier alpha value is -2.52. The highest BCUT2D eigenvalue weighted by Crippen LogP contribution is 2.18. The van der Waals surface area contributed by atoms with Crippen molar-refractivity contribution in [3.05, 3.63) is 69.1 Å². The molecule has 1 unspecified atom stereocenters. The van der Waals surface area contributed by atoms with Crippen molar-refractivity contribution in [3.63, 3.8) is 0 Å². The first-order chi connectivity index (χ1) is 13.2. The smallest absolute Gasteiger partial charge is 0.271 e. The van der Waals surface area contributed by atoms with Crippen molar-refractivity contribution >= 4 is 32.0 Å². The molecule has 3 aromatic rings. The van der Waals surface area contributed by atoms with Gasteiger partial charge in [0.15, 0.2) is 4.96 Å². The Balaban J connectivity index is 1.89. The number of carbonyl (C=O) groups excluding carboxylic acids is 1. The second-order valence-corrected chi connectivity index (χ2v) is 10.1. The van der Waals surface area contributed by atoms with Crippen molar-refractivity contribution in [3.8, 4) is 0 Å². The number of rotatable bonds is 6. The lowest BCUT2D eigenvalue weighted by atomic mass is 10.1. The maximum atomic E-state index is 12.8. The SMILES string of the molecule is CC(CS(C)(=O)=O)N(C)C(=O)c1cnc2sc(Cc3ccccc3)cn2c1=O. The van der Waals surface area contributed by atoms with Crippen LogP contribution >= 0.6 is 11.3 Å². The van der Waals surface area contributed by atoms with Crippen LogP contribution in [-0.2, 0) is 16.3 Å². The first kappa shape index (κ1) is 20.2. The molecule has 7 nitrogen and oxygen atoms in total. The Bertz CT molecular complexity index is 1170. The molecule has 2 aromatic heterocycles. The van der Waals surface area contributed by atoms with Crippen molar-refractivity contribution in [1.82, 2.24) is 14.3 Å². The fourth-order valence-electron chi connectivity index (χ4n) is 2.90. The van der Waals surface area contributed by atoms with Crippen LogP contribution in [0.4, 0.5) is 0 Å². The minimum atomic E-state index is -3.25. The molecule has 0 fully saturated rings.